The third-order valence-corrected chi connectivity index (χ3v) is 8.45. The summed E-state index contributed by atoms with van der Waals surface area (Å²) in [5, 5.41) is 4.21. The van der Waals surface area contributed by atoms with Crippen LogP contribution >= 0.6 is 0 Å². The van der Waals surface area contributed by atoms with Gasteiger partial charge in [-0.25, -0.2) is 4.68 Å². The number of aromatic nitrogens is 3. The van der Waals surface area contributed by atoms with Crippen LogP contribution in [-0.2, 0) is 0 Å². The molecule has 2 aliphatic rings. The molecule has 35 heavy (non-hydrogen) atoms. The van der Waals surface area contributed by atoms with E-state index in [0.717, 1.165) is 39.4 Å². The molecule has 2 fully saturated rings. The summed E-state index contributed by atoms with van der Waals surface area (Å²) < 4.78 is 1.78. The van der Waals surface area contributed by atoms with Gasteiger partial charge in [0.1, 0.15) is 0 Å². The molecule has 0 unspecified atom stereocenters. The molecule has 186 valence electrons. The molecular formula is C29H40N6. The third kappa shape index (κ3) is 4.26. The molecule has 6 nitrogen and oxygen atoms in total. The van der Waals surface area contributed by atoms with Crippen molar-refractivity contribution in [1.29, 1.82) is 0 Å². The minimum atomic E-state index is 0.341. The Morgan fingerprint density at radius 3 is 2.40 bits per heavy atom. The maximum atomic E-state index is 5.31. The number of pyridine rings is 2. The zero-order valence-electron chi connectivity index (χ0n) is 22.1. The van der Waals surface area contributed by atoms with Crippen LogP contribution in [0.4, 0.5) is 0 Å². The van der Waals surface area contributed by atoms with Crippen molar-refractivity contribution < 1.29 is 0 Å². The first kappa shape index (κ1) is 24.0. The van der Waals surface area contributed by atoms with E-state index >= 15 is 0 Å². The van der Waals surface area contributed by atoms with E-state index in [9.17, 15) is 0 Å². The second kappa shape index (κ2) is 9.73. The standard InChI is InChI=1S/C29H40N6/c1-18(2)26-27(23-17-35(31-6)29(30-5)20(4)19(23)3)33-25-14-13-24(32-28(25)26)21-9-11-22(12-10-21)34-15-7-8-16-34/h13-14,17-18,21-22,33H,6-12,15-16H2,1-5H3/b30-29-. The van der Waals surface area contributed by atoms with Gasteiger partial charge in [-0.1, -0.05) is 13.8 Å². The van der Waals surface area contributed by atoms with Gasteiger partial charge in [0.25, 0.3) is 0 Å². The molecule has 3 aromatic heterocycles. The number of fused-ring (bicyclic) bond motifs is 1. The molecule has 0 bridgehead atoms. The first-order valence-corrected chi connectivity index (χ1v) is 13.3. The number of rotatable bonds is 5. The first-order valence-electron chi connectivity index (χ1n) is 13.3. The molecule has 3 aromatic rings. The van der Waals surface area contributed by atoms with Crippen molar-refractivity contribution in [2.75, 3.05) is 20.1 Å². The van der Waals surface area contributed by atoms with Crippen molar-refractivity contribution in [3.05, 3.63) is 46.2 Å². The molecule has 6 heteroatoms. The second-order valence-electron chi connectivity index (χ2n) is 10.8. The molecule has 0 atom stereocenters. The van der Waals surface area contributed by atoms with Gasteiger partial charge < -0.3 is 9.88 Å². The smallest absolute Gasteiger partial charge is 0.151 e. The van der Waals surface area contributed by atoms with Crippen LogP contribution in [0.1, 0.15) is 86.6 Å². The zero-order valence-corrected chi connectivity index (χ0v) is 22.1. The number of hydrogen-bond acceptors (Lipinski definition) is 4. The van der Waals surface area contributed by atoms with E-state index in [1.54, 1.807) is 11.7 Å². The van der Waals surface area contributed by atoms with Crippen LogP contribution in [-0.4, -0.2) is 52.4 Å². The van der Waals surface area contributed by atoms with Crippen LogP contribution in [0.3, 0.4) is 0 Å². The van der Waals surface area contributed by atoms with Crippen molar-refractivity contribution in [2.24, 2.45) is 10.1 Å². The Hall–Kier alpha value is -2.73. The topological polar surface area (TPSA) is 61.6 Å². The quantitative estimate of drug-likeness (QED) is 0.471. The van der Waals surface area contributed by atoms with E-state index in [4.69, 9.17) is 4.98 Å². The Kier molecular flexibility index (Phi) is 6.67. The van der Waals surface area contributed by atoms with Gasteiger partial charge >= 0.3 is 0 Å². The fraction of sp³-hybridized carbons (Fsp3) is 0.552. The molecule has 1 saturated carbocycles. The average molecular weight is 473 g/mol. The molecule has 4 heterocycles. The van der Waals surface area contributed by atoms with Gasteiger partial charge in [0.05, 0.1) is 16.7 Å². The zero-order chi connectivity index (χ0) is 24.7. The van der Waals surface area contributed by atoms with Crippen LogP contribution in [0.2, 0.25) is 0 Å². The minimum Gasteiger partial charge on any atom is -0.353 e. The second-order valence-corrected chi connectivity index (χ2v) is 10.8. The van der Waals surface area contributed by atoms with E-state index in [1.807, 2.05) is 0 Å². The highest BCUT2D eigenvalue weighted by atomic mass is 15.3. The summed E-state index contributed by atoms with van der Waals surface area (Å²) in [6.07, 6.45) is 9.92. The Morgan fingerprint density at radius 1 is 1.06 bits per heavy atom. The van der Waals surface area contributed by atoms with Gasteiger partial charge in [-0.15, -0.1) is 0 Å². The molecule has 1 aliphatic heterocycles. The van der Waals surface area contributed by atoms with Crippen molar-refractivity contribution in [2.45, 2.75) is 84.1 Å². The first-order chi connectivity index (χ1) is 16.9. The van der Waals surface area contributed by atoms with Gasteiger partial charge in [0.2, 0.25) is 0 Å². The van der Waals surface area contributed by atoms with E-state index in [1.165, 1.54) is 68.4 Å². The van der Waals surface area contributed by atoms with E-state index in [-0.39, 0.29) is 0 Å². The highest BCUT2D eigenvalue weighted by Crippen LogP contribution is 2.39. The Bertz CT molecular complexity index is 1300. The molecular weight excluding hydrogens is 432 g/mol. The SMILES string of the molecule is C=Nn1cc(-c2[nH]c3ccc(C4CCC(N5CCCC5)CC4)nc3c2C(C)C)c(C)c(C)/c1=N/C. The number of hydrogen-bond donors (Lipinski definition) is 1. The third-order valence-electron chi connectivity index (χ3n) is 8.45. The molecule has 1 N–H and O–H groups in total. The molecule has 0 radical (unpaired) electrons. The summed E-state index contributed by atoms with van der Waals surface area (Å²) in [5.41, 5.74) is 10.2. The summed E-state index contributed by atoms with van der Waals surface area (Å²) in [5.74, 6) is 0.908. The molecule has 0 spiro atoms. The fourth-order valence-electron chi connectivity index (χ4n) is 6.40. The van der Waals surface area contributed by atoms with Crippen LogP contribution in [0.5, 0.6) is 0 Å². The Labute approximate surface area is 209 Å². The van der Waals surface area contributed by atoms with Crippen LogP contribution in [0, 0.1) is 13.8 Å². The van der Waals surface area contributed by atoms with E-state index in [2.05, 4.69) is 72.7 Å². The lowest BCUT2D eigenvalue weighted by Crippen LogP contribution is -2.35. The predicted octanol–water partition coefficient (Wildman–Crippen LogP) is 5.89. The Balaban J connectivity index is 1.53. The molecule has 0 aromatic carbocycles. The molecule has 0 amide bonds. The van der Waals surface area contributed by atoms with Crippen molar-refractivity contribution in [3.63, 3.8) is 0 Å². The monoisotopic (exact) mass is 472 g/mol. The van der Waals surface area contributed by atoms with Gasteiger partial charge in [0, 0.05) is 48.7 Å². The number of likely N-dealkylation sites (tertiary alicyclic amines) is 1. The summed E-state index contributed by atoms with van der Waals surface area (Å²) in [4.78, 5) is 16.2. The van der Waals surface area contributed by atoms with Crippen molar-refractivity contribution in [1.82, 2.24) is 19.5 Å². The van der Waals surface area contributed by atoms with Crippen molar-refractivity contribution >= 4 is 17.8 Å². The lowest BCUT2D eigenvalue weighted by molar-refractivity contribution is 0.181. The van der Waals surface area contributed by atoms with Gasteiger partial charge in [-0.05, 0) is 94.6 Å². The Morgan fingerprint density at radius 2 is 1.77 bits per heavy atom. The predicted molar refractivity (Wildman–Crippen MR) is 145 cm³/mol. The van der Waals surface area contributed by atoms with Crippen LogP contribution in [0.15, 0.2) is 28.4 Å². The highest BCUT2D eigenvalue weighted by molar-refractivity contribution is 5.89. The van der Waals surface area contributed by atoms with Gasteiger partial charge in [-0.2, -0.15) is 5.10 Å². The summed E-state index contributed by atoms with van der Waals surface area (Å²) >= 11 is 0. The molecule has 1 saturated heterocycles. The van der Waals surface area contributed by atoms with Gasteiger partial charge in [-0.3, -0.25) is 9.98 Å². The lowest BCUT2D eigenvalue weighted by Gasteiger charge is -2.34. The normalized spacial score (nSPS) is 21.9. The number of aromatic amines is 1. The van der Waals surface area contributed by atoms with Crippen molar-refractivity contribution in [3.8, 4) is 11.3 Å². The fourth-order valence-corrected chi connectivity index (χ4v) is 6.40. The van der Waals surface area contributed by atoms with Crippen LogP contribution < -0.4 is 5.49 Å². The summed E-state index contributed by atoms with van der Waals surface area (Å²) in [6.45, 7) is 15.2. The number of nitrogens with zero attached hydrogens (tertiary/aromatic N) is 5. The highest BCUT2D eigenvalue weighted by Gasteiger charge is 2.29. The number of H-pyrrole nitrogens is 1. The molecule has 5 rings (SSSR count). The lowest BCUT2D eigenvalue weighted by atomic mass is 9.83. The van der Waals surface area contributed by atoms with Crippen LogP contribution in [0.25, 0.3) is 22.3 Å². The van der Waals surface area contributed by atoms with E-state index in [0.29, 0.717) is 11.8 Å². The summed E-state index contributed by atoms with van der Waals surface area (Å²) in [6, 6.07) is 5.30. The van der Waals surface area contributed by atoms with Gasteiger partial charge in [0.15, 0.2) is 5.49 Å². The molecule has 1 aliphatic carbocycles. The summed E-state index contributed by atoms with van der Waals surface area (Å²) in [7, 11) is 1.80. The minimum absolute atomic E-state index is 0.341. The number of nitrogens with one attached hydrogen (secondary N) is 1. The maximum Gasteiger partial charge on any atom is 0.151 e. The average Bonchev–Trinajstić information content (AvgIpc) is 3.53. The van der Waals surface area contributed by atoms with E-state index < -0.39 is 0 Å². The maximum absolute atomic E-state index is 5.31. The largest absolute Gasteiger partial charge is 0.353 e.